The van der Waals surface area contributed by atoms with Crippen LogP contribution in [-0.2, 0) is 16.1 Å². The third kappa shape index (κ3) is 4.18. The molecule has 1 aliphatic heterocycles. The Kier molecular flexibility index (Phi) is 5.48. The number of carbonyl (C=O) groups excluding carboxylic acids is 3. The Hall–Kier alpha value is -3.35. The molecular formula is C19H18N2O5. The van der Waals surface area contributed by atoms with Gasteiger partial charge in [-0.25, -0.2) is 9.59 Å². The van der Waals surface area contributed by atoms with Crippen molar-refractivity contribution in [3.63, 3.8) is 0 Å². The maximum atomic E-state index is 12.3. The summed E-state index contributed by atoms with van der Waals surface area (Å²) in [6.07, 6.45) is 0. The van der Waals surface area contributed by atoms with E-state index < -0.39 is 24.5 Å². The molecule has 0 bridgehead atoms. The van der Waals surface area contributed by atoms with Crippen molar-refractivity contribution in [1.29, 1.82) is 0 Å². The molecule has 1 heterocycles. The Bertz CT molecular complexity index is 807. The Morgan fingerprint density at radius 1 is 1.04 bits per heavy atom. The minimum Gasteiger partial charge on any atom is -0.489 e. The smallest absolute Gasteiger partial charge is 0.339 e. The van der Waals surface area contributed by atoms with Crippen LogP contribution in [0.15, 0.2) is 54.6 Å². The fraction of sp³-hybridized carbons (Fsp3) is 0.211. The molecule has 1 saturated heterocycles. The summed E-state index contributed by atoms with van der Waals surface area (Å²) in [7, 11) is 0. The zero-order valence-corrected chi connectivity index (χ0v) is 14.0. The molecule has 26 heavy (non-hydrogen) atoms. The molecular weight excluding hydrogens is 336 g/mol. The number of amides is 3. The van der Waals surface area contributed by atoms with E-state index in [2.05, 4.69) is 5.32 Å². The van der Waals surface area contributed by atoms with Gasteiger partial charge in [-0.15, -0.1) is 0 Å². The largest absolute Gasteiger partial charge is 0.489 e. The van der Waals surface area contributed by atoms with Crippen LogP contribution >= 0.6 is 0 Å². The Morgan fingerprint density at radius 3 is 2.50 bits per heavy atom. The molecule has 7 heteroatoms. The second-order valence-corrected chi connectivity index (χ2v) is 5.61. The Balaban J connectivity index is 1.60. The number of imide groups is 1. The van der Waals surface area contributed by atoms with E-state index in [0.29, 0.717) is 23.4 Å². The number of benzene rings is 2. The van der Waals surface area contributed by atoms with E-state index in [0.717, 1.165) is 4.90 Å². The van der Waals surface area contributed by atoms with E-state index >= 15 is 0 Å². The first-order valence-corrected chi connectivity index (χ1v) is 8.16. The molecule has 134 valence electrons. The number of hydrogen-bond donors (Lipinski definition) is 1. The summed E-state index contributed by atoms with van der Waals surface area (Å²) >= 11 is 0. The van der Waals surface area contributed by atoms with E-state index in [4.69, 9.17) is 9.47 Å². The van der Waals surface area contributed by atoms with Gasteiger partial charge in [0.15, 0.2) is 6.61 Å². The molecule has 0 aliphatic carbocycles. The highest BCUT2D eigenvalue weighted by atomic mass is 16.5. The molecule has 7 nitrogen and oxygen atoms in total. The summed E-state index contributed by atoms with van der Waals surface area (Å²) in [5.41, 5.74) is 0.967. The van der Waals surface area contributed by atoms with Gasteiger partial charge in [-0.2, -0.15) is 0 Å². The van der Waals surface area contributed by atoms with Gasteiger partial charge in [-0.3, -0.25) is 9.69 Å². The van der Waals surface area contributed by atoms with Crippen molar-refractivity contribution in [2.45, 2.75) is 6.61 Å². The molecule has 0 unspecified atom stereocenters. The monoisotopic (exact) mass is 354 g/mol. The van der Waals surface area contributed by atoms with Crippen LogP contribution in [0.3, 0.4) is 0 Å². The first kappa shape index (κ1) is 17.5. The number of ether oxygens (including phenoxy) is 2. The second-order valence-electron chi connectivity index (χ2n) is 5.61. The number of rotatable bonds is 6. The lowest BCUT2D eigenvalue weighted by Gasteiger charge is -2.13. The van der Waals surface area contributed by atoms with E-state index in [1.807, 2.05) is 30.3 Å². The molecule has 0 aromatic heterocycles. The molecule has 3 rings (SSSR count). The molecule has 0 spiro atoms. The second kappa shape index (κ2) is 8.15. The molecule has 0 saturated carbocycles. The Labute approximate surface area is 150 Å². The van der Waals surface area contributed by atoms with Gasteiger partial charge in [0.2, 0.25) is 0 Å². The summed E-state index contributed by atoms with van der Waals surface area (Å²) in [5.74, 6) is -0.498. The topological polar surface area (TPSA) is 84.9 Å². The lowest BCUT2D eigenvalue weighted by Crippen LogP contribution is -2.37. The van der Waals surface area contributed by atoms with E-state index in [9.17, 15) is 14.4 Å². The van der Waals surface area contributed by atoms with Crippen molar-refractivity contribution < 1.29 is 23.9 Å². The zero-order chi connectivity index (χ0) is 18.4. The number of nitrogens with one attached hydrogen (secondary N) is 1. The fourth-order valence-corrected chi connectivity index (χ4v) is 2.52. The van der Waals surface area contributed by atoms with Crippen molar-refractivity contribution in [3.8, 4) is 5.75 Å². The minimum absolute atomic E-state index is 0.192. The molecule has 2 aromatic rings. The number of para-hydroxylation sites is 1. The van der Waals surface area contributed by atoms with Crippen LogP contribution in [0.1, 0.15) is 15.9 Å². The van der Waals surface area contributed by atoms with Crippen molar-refractivity contribution in [1.82, 2.24) is 10.2 Å². The standard InChI is InChI=1S/C19H18N2O5/c22-17(21-11-10-20-19(21)24)13-26-18(23)16-9-5-4-6-14(16)12-25-15-7-2-1-3-8-15/h1-9H,10-13H2,(H,20,24). The van der Waals surface area contributed by atoms with Crippen molar-refractivity contribution in [2.75, 3.05) is 19.7 Å². The molecule has 1 N–H and O–H groups in total. The summed E-state index contributed by atoms with van der Waals surface area (Å²) < 4.78 is 10.7. The predicted octanol–water partition coefficient (Wildman–Crippen LogP) is 1.97. The third-order valence-electron chi connectivity index (χ3n) is 3.86. The molecule has 1 aliphatic rings. The lowest BCUT2D eigenvalue weighted by molar-refractivity contribution is -0.130. The first-order valence-electron chi connectivity index (χ1n) is 8.16. The maximum absolute atomic E-state index is 12.3. The van der Waals surface area contributed by atoms with Crippen LogP contribution < -0.4 is 10.1 Å². The van der Waals surface area contributed by atoms with Crippen LogP contribution in [0.5, 0.6) is 5.75 Å². The molecule has 1 fully saturated rings. The van der Waals surface area contributed by atoms with Gasteiger partial charge in [0.05, 0.1) is 5.56 Å². The van der Waals surface area contributed by atoms with Crippen molar-refractivity contribution in [3.05, 3.63) is 65.7 Å². The predicted molar refractivity (Wildman–Crippen MR) is 92.6 cm³/mol. The van der Waals surface area contributed by atoms with Gasteiger partial charge >= 0.3 is 12.0 Å². The minimum atomic E-state index is -0.634. The highest BCUT2D eigenvalue weighted by Gasteiger charge is 2.27. The normalized spacial score (nSPS) is 13.2. The molecule has 3 amide bonds. The van der Waals surface area contributed by atoms with Gasteiger partial charge in [-0.1, -0.05) is 36.4 Å². The van der Waals surface area contributed by atoms with Crippen LogP contribution in [-0.4, -0.2) is 42.5 Å². The Morgan fingerprint density at radius 2 is 1.77 bits per heavy atom. The van der Waals surface area contributed by atoms with Gasteiger partial charge in [0.25, 0.3) is 5.91 Å². The molecule has 0 radical (unpaired) electrons. The number of nitrogens with zero attached hydrogens (tertiary/aromatic N) is 1. The maximum Gasteiger partial charge on any atom is 0.339 e. The average Bonchev–Trinajstić information content (AvgIpc) is 3.11. The number of hydrogen-bond acceptors (Lipinski definition) is 5. The average molecular weight is 354 g/mol. The summed E-state index contributed by atoms with van der Waals surface area (Å²) in [6, 6.07) is 15.6. The highest BCUT2D eigenvalue weighted by Crippen LogP contribution is 2.15. The zero-order valence-electron chi connectivity index (χ0n) is 14.0. The first-order chi connectivity index (χ1) is 12.6. The van der Waals surface area contributed by atoms with Gasteiger partial charge < -0.3 is 14.8 Å². The summed E-state index contributed by atoms with van der Waals surface area (Å²) in [5, 5.41) is 2.52. The van der Waals surface area contributed by atoms with Crippen LogP contribution in [0.4, 0.5) is 4.79 Å². The van der Waals surface area contributed by atoms with E-state index in [1.165, 1.54) is 0 Å². The molecule has 0 atom stereocenters. The SMILES string of the molecule is O=C(OCC(=O)N1CCNC1=O)c1ccccc1COc1ccccc1. The van der Waals surface area contributed by atoms with Crippen LogP contribution in [0.2, 0.25) is 0 Å². The highest BCUT2D eigenvalue weighted by molar-refractivity contribution is 5.98. The summed E-state index contributed by atoms with van der Waals surface area (Å²) in [6.45, 7) is 0.382. The number of esters is 1. The lowest BCUT2D eigenvalue weighted by atomic mass is 10.1. The van der Waals surface area contributed by atoms with Gasteiger partial charge in [-0.05, 0) is 18.2 Å². The van der Waals surface area contributed by atoms with Gasteiger partial charge in [0, 0.05) is 18.7 Å². The van der Waals surface area contributed by atoms with E-state index in [-0.39, 0.29) is 13.2 Å². The van der Waals surface area contributed by atoms with Crippen LogP contribution in [0, 0.1) is 0 Å². The van der Waals surface area contributed by atoms with Gasteiger partial charge in [0.1, 0.15) is 12.4 Å². The number of urea groups is 1. The van der Waals surface area contributed by atoms with Crippen molar-refractivity contribution in [2.24, 2.45) is 0 Å². The number of carbonyl (C=O) groups is 3. The van der Waals surface area contributed by atoms with Crippen LogP contribution in [0.25, 0.3) is 0 Å². The third-order valence-corrected chi connectivity index (χ3v) is 3.86. The fourth-order valence-electron chi connectivity index (χ4n) is 2.52. The summed E-state index contributed by atoms with van der Waals surface area (Å²) in [4.78, 5) is 36.7. The van der Waals surface area contributed by atoms with Crippen molar-refractivity contribution >= 4 is 17.9 Å². The quantitative estimate of drug-likeness (QED) is 0.802. The van der Waals surface area contributed by atoms with E-state index in [1.54, 1.807) is 24.3 Å². The molecule has 2 aromatic carbocycles.